The molecule has 0 radical (unpaired) electrons. The number of rotatable bonds is 9. The molecule has 0 aliphatic carbocycles. The predicted molar refractivity (Wildman–Crippen MR) is 108 cm³/mol. The average molecular weight is 363 g/mol. The van der Waals surface area contributed by atoms with Crippen molar-refractivity contribution in [2.24, 2.45) is 16.3 Å². The number of guanidine groups is 1. The molecule has 1 heterocycles. The minimum absolute atomic E-state index is 0.00606. The molecule has 1 aliphatic rings. The van der Waals surface area contributed by atoms with Gasteiger partial charge in [0.1, 0.15) is 0 Å². The molecule has 26 heavy (non-hydrogen) atoms. The molecule has 2 unspecified atom stereocenters. The lowest BCUT2D eigenvalue weighted by molar-refractivity contribution is 0.127. The molecule has 0 amide bonds. The Kier molecular flexibility index (Phi) is 8.19. The summed E-state index contributed by atoms with van der Waals surface area (Å²) >= 11 is 0. The van der Waals surface area contributed by atoms with Crippen molar-refractivity contribution < 1.29 is 9.84 Å². The van der Waals surface area contributed by atoms with Crippen LogP contribution in [0.1, 0.15) is 26.7 Å². The largest absolute Gasteiger partial charge is 0.396 e. The molecule has 2 atom stereocenters. The third kappa shape index (κ3) is 6.18. The summed E-state index contributed by atoms with van der Waals surface area (Å²) in [5, 5.41) is 19.8. The second-order valence-corrected chi connectivity index (χ2v) is 7.44. The van der Waals surface area contributed by atoms with Crippen molar-refractivity contribution >= 4 is 11.6 Å². The van der Waals surface area contributed by atoms with Crippen molar-refractivity contribution in [3.63, 3.8) is 0 Å². The van der Waals surface area contributed by atoms with Gasteiger partial charge in [0.15, 0.2) is 5.96 Å². The van der Waals surface area contributed by atoms with E-state index in [0.717, 1.165) is 44.2 Å². The first kappa shape index (κ1) is 20.5. The number of hydrogen-bond donors (Lipinski definition) is 4. The van der Waals surface area contributed by atoms with Gasteiger partial charge in [0.2, 0.25) is 0 Å². The normalized spacial score (nSPS) is 21.7. The van der Waals surface area contributed by atoms with Crippen LogP contribution >= 0.6 is 0 Å². The van der Waals surface area contributed by atoms with E-state index in [1.807, 2.05) is 18.2 Å². The van der Waals surface area contributed by atoms with E-state index < -0.39 is 0 Å². The van der Waals surface area contributed by atoms with Crippen molar-refractivity contribution in [3.05, 3.63) is 30.3 Å². The highest BCUT2D eigenvalue weighted by Gasteiger charge is 2.34. The molecule has 4 N–H and O–H groups in total. The molecule has 6 heteroatoms. The highest BCUT2D eigenvalue weighted by molar-refractivity contribution is 5.79. The summed E-state index contributed by atoms with van der Waals surface area (Å²) in [5.41, 5.74) is 1.13. The lowest BCUT2D eigenvalue weighted by atomic mass is 9.84. The first-order chi connectivity index (χ1) is 12.6. The topological polar surface area (TPSA) is 77.9 Å². The number of hydrogen-bond acceptors (Lipinski definition) is 4. The van der Waals surface area contributed by atoms with Gasteiger partial charge in [-0.15, -0.1) is 0 Å². The predicted octanol–water partition coefficient (Wildman–Crippen LogP) is 2.08. The van der Waals surface area contributed by atoms with Gasteiger partial charge < -0.3 is 25.8 Å². The summed E-state index contributed by atoms with van der Waals surface area (Å²) in [4.78, 5) is 4.34. The minimum Gasteiger partial charge on any atom is -0.396 e. The number of para-hydroxylation sites is 1. The number of aliphatic hydroxyl groups is 1. The number of benzene rings is 1. The lowest BCUT2D eigenvalue weighted by Crippen LogP contribution is -2.48. The molecular weight excluding hydrogens is 328 g/mol. The zero-order valence-corrected chi connectivity index (χ0v) is 16.3. The van der Waals surface area contributed by atoms with Gasteiger partial charge >= 0.3 is 0 Å². The van der Waals surface area contributed by atoms with Gasteiger partial charge in [0, 0.05) is 50.5 Å². The molecule has 1 fully saturated rings. The van der Waals surface area contributed by atoms with Crippen LogP contribution in [0.2, 0.25) is 0 Å². The van der Waals surface area contributed by atoms with Crippen LogP contribution in [0.5, 0.6) is 0 Å². The second kappa shape index (κ2) is 10.4. The Bertz CT molecular complexity index is 542. The van der Waals surface area contributed by atoms with E-state index in [9.17, 15) is 5.11 Å². The number of nitrogens with one attached hydrogen (secondary N) is 3. The van der Waals surface area contributed by atoms with E-state index in [4.69, 9.17) is 4.74 Å². The van der Waals surface area contributed by atoms with Crippen LogP contribution in [-0.4, -0.2) is 57.1 Å². The Hall–Kier alpha value is -1.79. The molecular formula is C20H34N4O2. The minimum atomic E-state index is 0.00606. The standard InChI is InChI=1S/C20H34N4O2/c1-16(2)18(24-17-7-5-4-6-8-17)13-22-19(21-3)23-14-20(9-11-25)10-12-26-15-20/h4-8,16,18,24-25H,9-15H2,1-3H3,(H2,21,22,23). The second-order valence-electron chi connectivity index (χ2n) is 7.44. The summed E-state index contributed by atoms with van der Waals surface area (Å²) in [6.07, 6.45) is 1.73. The van der Waals surface area contributed by atoms with Crippen molar-refractivity contribution in [2.75, 3.05) is 45.3 Å². The van der Waals surface area contributed by atoms with Crippen molar-refractivity contribution in [2.45, 2.75) is 32.7 Å². The highest BCUT2D eigenvalue weighted by atomic mass is 16.5. The van der Waals surface area contributed by atoms with E-state index in [0.29, 0.717) is 12.5 Å². The monoisotopic (exact) mass is 362 g/mol. The smallest absolute Gasteiger partial charge is 0.191 e. The Balaban J connectivity index is 1.85. The van der Waals surface area contributed by atoms with Gasteiger partial charge in [-0.3, -0.25) is 4.99 Å². The van der Waals surface area contributed by atoms with Gasteiger partial charge in [-0.25, -0.2) is 0 Å². The number of aliphatic imine (C=N–C) groups is 1. The molecule has 0 bridgehead atoms. The third-order valence-electron chi connectivity index (χ3n) is 5.10. The zero-order valence-electron chi connectivity index (χ0n) is 16.3. The number of anilines is 1. The van der Waals surface area contributed by atoms with Crippen LogP contribution in [0.25, 0.3) is 0 Å². The van der Waals surface area contributed by atoms with Crippen LogP contribution in [-0.2, 0) is 4.74 Å². The highest BCUT2D eigenvalue weighted by Crippen LogP contribution is 2.31. The fraction of sp³-hybridized carbons (Fsp3) is 0.650. The summed E-state index contributed by atoms with van der Waals surface area (Å²) < 4.78 is 5.55. The molecule has 1 aromatic rings. The average Bonchev–Trinajstić information content (AvgIpc) is 3.10. The van der Waals surface area contributed by atoms with Crippen LogP contribution in [0.15, 0.2) is 35.3 Å². The van der Waals surface area contributed by atoms with Crippen molar-refractivity contribution in [1.82, 2.24) is 10.6 Å². The Morgan fingerprint density at radius 1 is 1.27 bits per heavy atom. The fourth-order valence-corrected chi connectivity index (χ4v) is 3.21. The van der Waals surface area contributed by atoms with E-state index in [-0.39, 0.29) is 18.1 Å². The maximum atomic E-state index is 9.35. The molecule has 0 aromatic heterocycles. The Morgan fingerprint density at radius 3 is 2.62 bits per heavy atom. The Labute approximate surface area is 157 Å². The van der Waals surface area contributed by atoms with Gasteiger partial charge in [-0.05, 0) is 30.9 Å². The van der Waals surface area contributed by atoms with Gasteiger partial charge in [-0.2, -0.15) is 0 Å². The van der Waals surface area contributed by atoms with E-state index in [1.165, 1.54) is 0 Å². The molecule has 1 aromatic carbocycles. The molecule has 1 saturated heterocycles. The first-order valence-corrected chi connectivity index (χ1v) is 9.53. The van der Waals surface area contributed by atoms with Crippen LogP contribution in [0.3, 0.4) is 0 Å². The van der Waals surface area contributed by atoms with E-state index >= 15 is 0 Å². The first-order valence-electron chi connectivity index (χ1n) is 9.53. The van der Waals surface area contributed by atoms with Crippen molar-refractivity contribution in [1.29, 1.82) is 0 Å². The molecule has 2 rings (SSSR count). The van der Waals surface area contributed by atoms with Crippen LogP contribution in [0, 0.1) is 11.3 Å². The van der Waals surface area contributed by atoms with Crippen LogP contribution in [0.4, 0.5) is 5.69 Å². The molecule has 0 saturated carbocycles. The molecule has 6 nitrogen and oxygen atoms in total. The van der Waals surface area contributed by atoms with Gasteiger partial charge in [0.05, 0.1) is 6.61 Å². The van der Waals surface area contributed by atoms with Crippen LogP contribution < -0.4 is 16.0 Å². The summed E-state index contributed by atoms with van der Waals surface area (Å²) in [7, 11) is 1.79. The van der Waals surface area contributed by atoms with E-state index in [1.54, 1.807) is 7.05 Å². The lowest BCUT2D eigenvalue weighted by Gasteiger charge is -2.29. The Morgan fingerprint density at radius 2 is 2.04 bits per heavy atom. The number of nitrogens with zero attached hydrogens (tertiary/aromatic N) is 1. The third-order valence-corrected chi connectivity index (χ3v) is 5.10. The fourth-order valence-electron chi connectivity index (χ4n) is 3.21. The maximum absolute atomic E-state index is 9.35. The number of ether oxygens (including phenoxy) is 1. The summed E-state index contributed by atoms with van der Waals surface area (Å²) in [6, 6.07) is 10.6. The maximum Gasteiger partial charge on any atom is 0.191 e. The number of aliphatic hydroxyl groups excluding tert-OH is 1. The quantitative estimate of drug-likeness (QED) is 0.400. The van der Waals surface area contributed by atoms with E-state index in [2.05, 4.69) is 46.9 Å². The van der Waals surface area contributed by atoms with Gasteiger partial charge in [0.25, 0.3) is 0 Å². The molecule has 146 valence electrons. The molecule has 1 aliphatic heterocycles. The zero-order chi connectivity index (χ0) is 18.8. The van der Waals surface area contributed by atoms with Crippen molar-refractivity contribution in [3.8, 4) is 0 Å². The summed E-state index contributed by atoms with van der Waals surface area (Å²) in [5.74, 6) is 1.26. The summed E-state index contributed by atoms with van der Waals surface area (Å²) in [6.45, 7) is 7.61. The SMILES string of the molecule is CN=C(NCC(Nc1ccccc1)C(C)C)NCC1(CCO)CCOC1. The molecule has 0 spiro atoms. The van der Waals surface area contributed by atoms with Gasteiger partial charge in [-0.1, -0.05) is 32.0 Å².